The SMILES string of the molecule is c1ccc([P+](Cc2cc(C[P+](c3ccccc3)(c3ccccc3)c3ccccc3)c3ccccc3c2)(c2ccccc2)c2ccccc2)cc1. The van der Waals surface area contributed by atoms with E-state index in [0.717, 1.165) is 12.3 Å². The molecule has 0 radical (unpaired) electrons. The molecule has 0 saturated heterocycles. The van der Waals surface area contributed by atoms with Crippen LogP contribution in [0.15, 0.2) is 218 Å². The Morgan fingerprint density at radius 2 is 0.580 bits per heavy atom. The van der Waals surface area contributed by atoms with Gasteiger partial charge in [0.05, 0.1) is 12.3 Å². The van der Waals surface area contributed by atoms with Crippen molar-refractivity contribution < 1.29 is 0 Å². The highest BCUT2D eigenvalue weighted by atomic mass is 31.2. The van der Waals surface area contributed by atoms with E-state index in [0.29, 0.717) is 0 Å². The van der Waals surface area contributed by atoms with E-state index in [1.807, 2.05) is 0 Å². The maximum atomic E-state index is 2.56. The van der Waals surface area contributed by atoms with Crippen LogP contribution in [-0.2, 0) is 12.3 Å². The summed E-state index contributed by atoms with van der Waals surface area (Å²) < 4.78 is 0. The molecule has 0 bridgehead atoms. The Hall–Kier alpha value is -5.12. The van der Waals surface area contributed by atoms with E-state index in [1.54, 1.807) is 0 Å². The monoisotopic (exact) mass is 678 g/mol. The lowest BCUT2D eigenvalue weighted by Gasteiger charge is -2.30. The van der Waals surface area contributed by atoms with Gasteiger partial charge in [0.2, 0.25) is 0 Å². The van der Waals surface area contributed by atoms with Crippen LogP contribution in [0.2, 0.25) is 0 Å². The molecule has 0 nitrogen and oxygen atoms in total. The zero-order valence-corrected chi connectivity index (χ0v) is 29.9. The number of hydrogen-bond donors (Lipinski definition) is 0. The van der Waals surface area contributed by atoms with Crippen molar-refractivity contribution in [2.24, 2.45) is 0 Å². The average Bonchev–Trinajstić information content (AvgIpc) is 3.21. The second-order valence-electron chi connectivity index (χ2n) is 12.9. The number of rotatable bonds is 10. The quantitative estimate of drug-likeness (QED) is 0.126. The van der Waals surface area contributed by atoms with Crippen LogP contribution in [0, 0.1) is 0 Å². The lowest BCUT2D eigenvalue weighted by atomic mass is 10.0. The van der Waals surface area contributed by atoms with Crippen LogP contribution in [0.25, 0.3) is 10.8 Å². The first kappa shape index (κ1) is 32.1. The molecule has 2 heteroatoms. The minimum Gasteiger partial charge on any atom is -0.0620 e. The van der Waals surface area contributed by atoms with Crippen molar-refractivity contribution in [2.45, 2.75) is 12.3 Å². The summed E-state index contributed by atoms with van der Waals surface area (Å²) in [6, 6.07) is 81.7. The van der Waals surface area contributed by atoms with Gasteiger partial charge in [0, 0.05) is 0 Å². The van der Waals surface area contributed by atoms with Crippen LogP contribution in [0.4, 0.5) is 0 Å². The third-order valence-corrected chi connectivity index (χ3v) is 18.7. The second kappa shape index (κ2) is 14.4. The van der Waals surface area contributed by atoms with E-state index in [9.17, 15) is 0 Å². The number of fused-ring (bicyclic) bond motifs is 1. The molecule has 8 aromatic rings. The number of hydrogen-bond acceptors (Lipinski definition) is 0. The maximum absolute atomic E-state index is 2.56. The normalized spacial score (nSPS) is 11.8. The fourth-order valence-corrected chi connectivity index (χ4v) is 16.2. The van der Waals surface area contributed by atoms with Gasteiger partial charge in [-0.25, -0.2) is 0 Å². The smallest absolute Gasteiger partial charge is 0.0620 e. The highest BCUT2D eigenvalue weighted by Gasteiger charge is 2.47. The van der Waals surface area contributed by atoms with Gasteiger partial charge in [0.25, 0.3) is 0 Å². The maximum Gasteiger partial charge on any atom is 0.116 e. The Bertz CT molecular complexity index is 2090. The lowest BCUT2D eigenvalue weighted by Crippen LogP contribution is -2.33. The van der Waals surface area contributed by atoms with Crippen LogP contribution in [0.5, 0.6) is 0 Å². The highest BCUT2D eigenvalue weighted by molar-refractivity contribution is 7.95. The zero-order chi connectivity index (χ0) is 33.6. The molecule has 240 valence electrons. The highest BCUT2D eigenvalue weighted by Crippen LogP contribution is 2.60. The largest absolute Gasteiger partial charge is 0.116 e. The zero-order valence-electron chi connectivity index (χ0n) is 28.1. The molecule has 0 heterocycles. The summed E-state index contributed by atoms with van der Waals surface area (Å²) >= 11 is 0. The van der Waals surface area contributed by atoms with Gasteiger partial charge in [0.1, 0.15) is 46.4 Å². The topological polar surface area (TPSA) is 0 Å². The van der Waals surface area contributed by atoms with Gasteiger partial charge in [-0.2, -0.15) is 0 Å². The van der Waals surface area contributed by atoms with E-state index >= 15 is 0 Å². The van der Waals surface area contributed by atoms with Gasteiger partial charge in [0.15, 0.2) is 0 Å². The predicted octanol–water partition coefficient (Wildman–Crippen LogP) is 9.83. The van der Waals surface area contributed by atoms with Gasteiger partial charge < -0.3 is 0 Å². The van der Waals surface area contributed by atoms with Crippen molar-refractivity contribution in [3.05, 3.63) is 230 Å². The summed E-state index contributed by atoms with van der Waals surface area (Å²) in [5, 5.41) is 11.1. The van der Waals surface area contributed by atoms with Crippen LogP contribution >= 0.6 is 14.5 Å². The molecule has 50 heavy (non-hydrogen) atoms. The molecule has 0 aliphatic carbocycles. The Morgan fingerprint density at radius 1 is 0.280 bits per heavy atom. The third kappa shape index (κ3) is 6.01. The van der Waals surface area contributed by atoms with Crippen LogP contribution in [-0.4, -0.2) is 0 Å². The molecular formula is C48H40P2+2. The summed E-state index contributed by atoms with van der Waals surface area (Å²) in [7, 11) is -4.20. The fraction of sp³-hybridized carbons (Fsp3) is 0.0417. The predicted molar refractivity (Wildman–Crippen MR) is 222 cm³/mol. The van der Waals surface area contributed by atoms with Crippen molar-refractivity contribution in [3.8, 4) is 0 Å². The first-order chi connectivity index (χ1) is 24.8. The second-order valence-corrected chi connectivity index (χ2v) is 19.9. The van der Waals surface area contributed by atoms with Crippen molar-refractivity contribution in [1.29, 1.82) is 0 Å². The lowest BCUT2D eigenvalue weighted by molar-refractivity contribution is 1.34. The van der Waals surface area contributed by atoms with Gasteiger partial charge in [-0.3, -0.25) is 0 Å². The Labute approximate surface area is 297 Å². The van der Waals surface area contributed by atoms with E-state index in [2.05, 4.69) is 218 Å². The molecule has 0 aliphatic rings. The fourth-order valence-electron chi connectivity index (χ4n) is 7.75. The number of benzene rings is 8. The van der Waals surface area contributed by atoms with E-state index < -0.39 is 14.5 Å². The Kier molecular flexibility index (Phi) is 9.24. The molecule has 0 fully saturated rings. The van der Waals surface area contributed by atoms with Crippen molar-refractivity contribution in [1.82, 2.24) is 0 Å². The average molecular weight is 679 g/mol. The molecule has 8 rings (SSSR count). The summed E-state index contributed by atoms with van der Waals surface area (Å²) in [5.74, 6) is 0. The van der Waals surface area contributed by atoms with Gasteiger partial charge in [-0.15, -0.1) is 0 Å². The third-order valence-electron chi connectivity index (χ3n) is 10.0. The summed E-state index contributed by atoms with van der Waals surface area (Å²) in [4.78, 5) is 0. The minimum absolute atomic E-state index is 0.937. The first-order valence-corrected chi connectivity index (χ1v) is 21.3. The van der Waals surface area contributed by atoms with E-state index in [4.69, 9.17) is 0 Å². The first-order valence-electron chi connectivity index (χ1n) is 17.4. The molecule has 0 aliphatic heterocycles. The molecule has 8 aromatic carbocycles. The molecule has 0 amide bonds. The minimum atomic E-state index is -2.12. The molecule has 0 atom stereocenters. The van der Waals surface area contributed by atoms with Crippen LogP contribution < -0.4 is 31.8 Å². The summed E-state index contributed by atoms with van der Waals surface area (Å²) in [6.07, 6.45) is 1.88. The van der Waals surface area contributed by atoms with Gasteiger partial charge >= 0.3 is 0 Å². The summed E-state index contributed by atoms with van der Waals surface area (Å²) in [5.41, 5.74) is 2.80. The van der Waals surface area contributed by atoms with Crippen LogP contribution in [0.3, 0.4) is 0 Å². The molecule has 0 saturated carbocycles. The van der Waals surface area contributed by atoms with Crippen molar-refractivity contribution >= 4 is 57.1 Å². The summed E-state index contributed by atoms with van der Waals surface area (Å²) in [6.45, 7) is 0. The van der Waals surface area contributed by atoms with Gasteiger partial charge in [-0.1, -0.05) is 133 Å². The molecule has 0 aromatic heterocycles. The van der Waals surface area contributed by atoms with E-state index in [1.165, 1.54) is 53.7 Å². The standard InChI is InChI=1S/C48H40P2/c1-7-22-42(23-8-1)49(43-24-9-2-10-25-43,44-26-11-3-12-27-44)37-39-35-40-21-19-20-34-48(40)41(36-39)38-50(45-28-13-4-14-29-45,46-30-15-5-16-31-46)47-32-17-6-18-33-47/h1-36H,37-38H2/q+2. The molecule has 0 unspecified atom stereocenters. The molecule has 0 N–H and O–H groups in total. The van der Waals surface area contributed by atoms with Crippen molar-refractivity contribution in [3.63, 3.8) is 0 Å². The van der Waals surface area contributed by atoms with Gasteiger partial charge in [-0.05, 0) is 107 Å². The molecule has 0 spiro atoms. The Morgan fingerprint density at radius 3 is 0.940 bits per heavy atom. The Balaban J connectivity index is 1.38. The van der Waals surface area contributed by atoms with Crippen LogP contribution in [0.1, 0.15) is 11.1 Å². The van der Waals surface area contributed by atoms with E-state index in [-0.39, 0.29) is 0 Å². The van der Waals surface area contributed by atoms with Crippen molar-refractivity contribution in [2.75, 3.05) is 0 Å². The molecular weight excluding hydrogens is 638 g/mol.